The lowest BCUT2D eigenvalue weighted by molar-refractivity contribution is 0.535. The highest BCUT2D eigenvalue weighted by Gasteiger charge is 2.15. The highest BCUT2D eigenvalue weighted by molar-refractivity contribution is 7.15. The maximum atomic E-state index is 12.7. The van der Waals surface area contributed by atoms with E-state index in [1.165, 1.54) is 15.9 Å². The van der Waals surface area contributed by atoms with E-state index in [0.29, 0.717) is 48.2 Å². The van der Waals surface area contributed by atoms with Gasteiger partial charge in [0, 0.05) is 11.6 Å². The molecule has 0 spiro atoms. The van der Waals surface area contributed by atoms with E-state index in [1.54, 1.807) is 42.7 Å². The first-order chi connectivity index (χ1) is 14.0. The van der Waals surface area contributed by atoms with Crippen molar-refractivity contribution in [3.05, 3.63) is 79.1 Å². The molecule has 4 heterocycles. The Bertz CT molecular complexity index is 1480. The van der Waals surface area contributed by atoms with Gasteiger partial charge in [-0.3, -0.25) is 4.79 Å². The largest absolute Gasteiger partial charge is 0.469 e. The molecule has 0 aliphatic carbocycles. The van der Waals surface area contributed by atoms with E-state index in [0.717, 1.165) is 5.56 Å². The van der Waals surface area contributed by atoms with Crippen LogP contribution in [0.15, 0.2) is 56.3 Å². The molecule has 0 radical (unpaired) electrons. The molecule has 4 aromatic heterocycles. The number of hydrogen-bond acceptors (Lipinski definition) is 6. The third kappa shape index (κ3) is 3.07. The molecule has 1 aromatic carbocycles. The van der Waals surface area contributed by atoms with Crippen molar-refractivity contribution in [3.8, 4) is 22.7 Å². The van der Waals surface area contributed by atoms with Crippen LogP contribution in [0.2, 0.25) is 10.0 Å². The fourth-order valence-electron chi connectivity index (χ4n) is 2.96. The lowest BCUT2D eigenvalue weighted by Gasteiger charge is -2.01. The smallest absolute Gasteiger partial charge is 0.291 e. The number of thiazole rings is 1. The molecular weight excluding hydrogens is 433 g/mol. The third-order valence-electron chi connectivity index (χ3n) is 4.40. The van der Waals surface area contributed by atoms with Gasteiger partial charge in [0.15, 0.2) is 5.82 Å². The number of aryl methyl sites for hydroxylation is 1. The number of nitrogens with zero attached hydrogens (tertiary/aromatic N) is 3. The first-order valence-electron chi connectivity index (χ1n) is 8.51. The van der Waals surface area contributed by atoms with Crippen LogP contribution in [0.3, 0.4) is 0 Å². The van der Waals surface area contributed by atoms with Gasteiger partial charge < -0.3 is 8.83 Å². The Balaban J connectivity index is 1.55. The number of aromatic nitrogens is 3. The number of halogens is 2. The molecule has 0 aliphatic rings. The van der Waals surface area contributed by atoms with Crippen molar-refractivity contribution >= 4 is 45.6 Å². The Morgan fingerprint density at radius 2 is 2.00 bits per heavy atom. The Morgan fingerprint density at radius 3 is 2.76 bits per heavy atom. The molecule has 9 heteroatoms. The quantitative estimate of drug-likeness (QED) is 0.399. The minimum atomic E-state index is -0.261. The van der Waals surface area contributed by atoms with Crippen LogP contribution in [0.4, 0.5) is 0 Å². The van der Waals surface area contributed by atoms with Crippen molar-refractivity contribution < 1.29 is 8.83 Å². The van der Waals surface area contributed by atoms with Crippen molar-refractivity contribution in [2.24, 2.45) is 0 Å². The average molecular weight is 444 g/mol. The first kappa shape index (κ1) is 18.2. The van der Waals surface area contributed by atoms with Gasteiger partial charge in [-0.25, -0.2) is 0 Å². The predicted octanol–water partition coefficient (Wildman–Crippen LogP) is 4.83. The molecule has 0 unspecified atom stereocenters. The van der Waals surface area contributed by atoms with Gasteiger partial charge in [0.05, 0.1) is 21.9 Å². The van der Waals surface area contributed by atoms with Gasteiger partial charge in [0.1, 0.15) is 21.8 Å². The van der Waals surface area contributed by atoms with Crippen LogP contribution >= 0.6 is 34.5 Å². The summed E-state index contributed by atoms with van der Waals surface area (Å²) in [5.74, 6) is 2.24. The molecule has 0 saturated carbocycles. The monoisotopic (exact) mass is 443 g/mol. The Morgan fingerprint density at radius 1 is 1.14 bits per heavy atom. The lowest BCUT2D eigenvalue weighted by atomic mass is 10.2. The highest BCUT2D eigenvalue weighted by atomic mass is 35.5. The zero-order valence-electron chi connectivity index (χ0n) is 14.8. The van der Waals surface area contributed by atoms with Crippen LogP contribution in [0, 0.1) is 6.92 Å². The van der Waals surface area contributed by atoms with Crippen LogP contribution in [0.1, 0.15) is 11.5 Å². The zero-order chi connectivity index (χ0) is 20.1. The lowest BCUT2D eigenvalue weighted by Crippen LogP contribution is -2.23. The van der Waals surface area contributed by atoms with Gasteiger partial charge in [0.25, 0.3) is 5.56 Å². The minimum Gasteiger partial charge on any atom is -0.469 e. The molecular formula is C20H11Cl2N3O3S. The predicted molar refractivity (Wildman–Crippen MR) is 113 cm³/mol. The fraction of sp³-hybridized carbons (Fsp3) is 0.0500. The highest BCUT2D eigenvalue weighted by Crippen LogP contribution is 2.34. The molecule has 0 bridgehead atoms. The summed E-state index contributed by atoms with van der Waals surface area (Å²) in [6.45, 7) is 1.82. The standard InChI is InChI=1S/C20H11Cl2N3O3S/c1-10-12(7-8-27-10)18-23-20-25(24-18)19(26)16(29-20)9-11-5-6-15(28-11)13-3-2-4-14(21)17(13)22/h2-9H,1H3. The van der Waals surface area contributed by atoms with Gasteiger partial charge >= 0.3 is 0 Å². The summed E-state index contributed by atoms with van der Waals surface area (Å²) >= 11 is 13.6. The van der Waals surface area contributed by atoms with Gasteiger partial charge in [-0.1, -0.05) is 40.6 Å². The van der Waals surface area contributed by atoms with E-state index in [9.17, 15) is 4.79 Å². The number of furan rings is 2. The van der Waals surface area contributed by atoms with Crippen LogP contribution in [-0.2, 0) is 0 Å². The average Bonchev–Trinajstić information content (AvgIpc) is 3.46. The summed E-state index contributed by atoms with van der Waals surface area (Å²) < 4.78 is 12.9. The second-order valence-electron chi connectivity index (χ2n) is 6.24. The number of fused-ring (bicyclic) bond motifs is 1. The molecule has 0 aliphatic heterocycles. The zero-order valence-corrected chi connectivity index (χ0v) is 17.2. The maximum absolute atomic E-state index is 12.7. The van der Waals surface area contributed by atoms with E-state index in [4.69, 9.17) is 32.0 Å². The van der Waals surface area contributed by atoms with Crippen molar-refractivity contribution in [1.29, 1.82) is 0 Å². The summed E-state index contributed by atoms with van der Waals surface area (Å²) in [5, 5.41) is 5.18. The second-order valence-corrected chi connectivity index (χ2v) is 8.03. The van der Waals surface area contributed by atoms with Crippen molar-refractivity contribution in [3.63, 3.8) is 0 Å². The number of benzene rings is 1. The van der Waals surface area contributed by atoms with E-state index in [-0.39, 0.29) is 5.56 Å². The summed E-state index contributed by atoms with van der Waals surface area (Å²) in [6.07, 6.45) is 3.23. The van der Waals surface area contributed by atoms with Crippen LogP contribution in [0.5, 0.6) is 0 Å². The van der Waals surface area contributed by atoms with Gasteiger partial charge in [0.2, 0.25) is 4.96 Å². The van der Waals surface area contributed by atoms with Gasteiger partial charge in [-0.15, -0.1) is 5.10 Å². The first-order valence-corrected chi connectivity index (χ1v) is 10.1. The SMILES string of the molecule is Cc1occc1-c1nc2sc(=Cc3ccc(-c4cccc(Cl)c4Cl)o3)c(=O)n2n1. The number of hydrogen-bond donors (Lipinski definition) is 0. The van der Waals surface area contributed by atoms with Crippen LogP contribution in [-0.4, -0.2) is 14.6 Å². The fourth-order valence-corrected chi connectivity index (χ4v) is 4.24. The van der Waals surface area contributed by atoms with E-state index in [2.05, 4.69) is 10.1 Å². The van der Waals surface area contributed by atoms with Crippen LogP contribution < -0.4 is 10.1 Å². The van der Waals surface area contributed by atoms with Gasteiger partial charge in [-0.05, 0) is 37.3 Å². The summed E-state index contributed by atoms with van der Waals surface area (Å²) in [4.78, 5) is 17.7. The summed E-state index contributed by atoms with van der Waals surface area (Å²) in [5.41, 5.74) is 1.19. The minimum absolute atomic E-state index is 0.261. The molecule has 29 heavy (non-hydrogen) atoms. The molecule has 0 amide bonds. The number of rotatable bonds is 3. The van der Waals surface area contributed by atoms with Crippen molar-refractivity contribution in [2.75, 3.05) is 0 Å². The summed E-state index contributed by atoms with van der Waals surface area (Å²) in [7, 11) is 0. The topological polar surface area (TPSA) is 73.5 Å². The molecule has 0 atom stereocenters. The molecule has 0 saturated heterocycles. The van der Waals surface area contributed by atoms with E-state index >= 15 is 0 Å². The van der Waals surface area contributed by atoms with E-state index < -0.39 is 0 Å². The van der Waals surface area contributed by atoms with Crippen LogP contribution in [0.25, 0.3) is 33.7 Å². The molecule has 6 nitrogen and oxygen atoms in total. The van der Waals surface area contributed by atoms with Gasteiger partial charge in [-0.2, -0.15) is 9.50 Å². The normalized spacial score (nSPS) is 12.3. The Hall–Kier alpha value is -2.87. The van der Waals surface area contributed by atoms with Crippen molar-refractivity contribution in [1.82, 2.24) is 14.6 Å². The molecule has 0 fully saturated rings. The van der Waals surface area contributed by atoms with E-state index in [1.807, 2.05) is 13.0 Å². The molecule has 0 N–H and O–H groups in total. The Labute approximate surface area is 177 Å². The maximum Gasteiger partial charge on any atom is 0.291 e. The molecule has 144 valence electrons. The second kappa shape index (κ2) is 6.88. The Kier molecular flexibility index (Phi) is 4.31. The molecule has 5 aromatic rings. The molecule has 5 rings (SSSR count). The van der Waals surface area contributed by atoms with Crippen molar-refractivity contribution in [2.45, 2.75) is 6.92 Å². The summed E-state index contributed by atoms with van der Waals surface area (Å²) in [6, 6.07) is 10.6. The third-order valence-corrected chi connectivity index (χ3v) is 6.18.